The highest BCUT2D eigenvalue weighted by atomic mass is 32.1. The third-order valence-electron chi connectivity index (χ3n) is 5.55. The third kappa shape index (κ3) is 1.93. The van der Waals surface area contributed by atoms with Gasteiger partial charge in [-0.3, -0.25) is 0 Å². The summed E-state index contributed by atoms with van der Waals surface area (Å²) in [7, 11) is 4.46. The van der Waals surface area contributed by atoms with Gasteiger partial charge in [0.15, 0.2) is 0 Å². The van der Waals surface area contributed by atoms with Gasteiger partial charge in [-0.05, 0) is 85.5 Å². The highest BCUT2D eigenvalue weighted by molar-refractivity contribution is 7.17. The Morgan fingerprint density at radius 2 is 2.00 bits per heavy atom. The minimum Gasteiger partial charge on any atom is -0.309 e. The number of thiophene rings is 1. The Kier molecular flexibility index (Phi) is 3.12. The van der Waals surface area contributed by atoms with Gasteiger partial charge >= 0.3 is 0 Å². The summed E-state index contributed by atoms with van der Waals surface area (Å²) >= 11 is 1.89. The van der Waals surface area contributed by atoms with Crippen LogP contribution in [0.1, 0.15) is 30.7 Å². The quantitative estimate of drug-likeness (QED) is 0.797. The van der Waals surface area contributed by atoms with Crippen molar-refractivity contribution in [2.45, 2.75) is 25.2 Å². The predicted octanol–water partition coefficient (Wildman–Crippen LogP) is 4.59. The summed E-state index contributed by atoms with van der Waals surface area (Å²) in [5.74, 6) is 3.58. The van der Waals surface area contributed by atoms with Gasteiger partial charge in [0.1, 0.15) is 0 Å². The van der Waals surface area contributed by atoms with E-state index in [2.05, 4.69) is 48.6 Å². The van der Waals surface area contributed by atoms with E-state index >= 15 is 0 Å². The van der Waals surface area contributed by atoms with E-state index in [4.69, 9.17) is 0 Å². The predicted molar refractivity (Wildman–Crippen MR) is 87.4 cm³/mol. The van der Waals surface area contributed by atoms with Gasteiger partial charge < -0.3 is 4.90 Å². The molecular weight excluding hydrogens is 262 g/mol. The maximum atomic E-state index is 2.41. The maximum Gasteiger partial charge on any atom is 0.0345 e. The lowest BCUT2D eigenvalue weighted by Crippen LogP contribution is -2.30. The molecular formula is C18H23NS. The lowest BCUT2D eigenvalue weighted by molar-refractivity contribution is 0.220. The Bertz CT molecular complexity index is 615. The van der Waals surface area contributed by atoms with Crippen molar-refractivity contribution in [3.05, 3.63) is 35.2 Å². The largest absolute Gasteiger partial charge is 0.309 e. The number of benzene rings is 1. The van der Waals surface area contributed by atoms with E-state index in [9.17, 15) is 0 Å². The van der Waals surface area contributed by atoms with E-state index in [0.717, 1.165) is 23.7 Å². The second-order valence-electron chi connectivity index (χ2n) is 6.96. The van der Waals surface area contributed by atoms with Crippen LogP contribution in [0.3, 0.4) is 0 Å². The number of hydrogen-bond acceptors (Lipinski definition) is 2. The molecule has 0 unspecified atom stereocenters. The van der Waals surface area contributed by atoms with E-state index in [1.807, 2.05) is 11.3 Å². The summed E-state index contributed by atoms with van der Waals surface area (Å²) < 4.78 is 1.47. The summed E-state index contributed by atoms with van der Waals surface area (Å²) in [6.07, 6.45) is 4.41. The van der Waals surface area contributed by atoms with Crippen molar-refractivity contribution < 1.29 is 0 Å². The molecule has 1 aromatic heterocycles. The molecule has 106 valence electrons. The molecule has 1 nitrogen and oxygen atoms in total. The molecule has 20 heavy (non-hydrogen) atoms. The van der Waals surface area contributed by atoms with Gasteiger partial charge in [-0.15, -0.1) is 11.3 Å². The smallest absolute Gasteiger partial charge is 0.0345 e. The van der Waals surface area contributed by atoms with Crippen LogP contribution in [-0.4, -0.2) is 25.5 Å². The fourth-order valence-corrected chi connectivity index (χ4v) is 5.71. The fourth-order valence-electron chi connectivity index (χ4n) is 4.89. The van der Waals surface area contributed by atoms with Gasteiger partial charge in [-0.1, -0.05) is 12.1 Å². The van der Waals surface area contributed by atoms with Crippen molar-refractivity contribution in [2.24, 2.45) is 17.8 Å². The Hall–Kier alpha value is -0.860. The van der Waals surface area contributed by atoms with Gasteiger partial charge in [0.25, 0.3) is 0 Å². The molecule has 0 radical (unpaired) electrons. The molecule has 1 aromatic carbocycles. The van der Waals surface area contributed by atoms with Gasteiger partial charge in [0, 0.05) is 11.2 Å². The van der Waals surface area contributed by atoms with Crippen molar-refractivity contribution in [1.82, 2.24) is 4.90 Å². The van der Waals surface area contributed by atoms with Crippen molar-refractivity contribution in [2.75, 3.05) is 20.6 Å². The van der Waals surface area contributed by atoms with E-state index in [0.29, 0.717) is 0 Å². The van der Waals surface area contributed by atoms with Crippen molar-refractivity contribution in [1.29, 1.82) is 0 Å². The molecule has 2 heteroatoms. The normalized spacial score (nSPS) is 32.5. The number of fused-ring (bicyclic) bond motifs is 3. The second-order valence-corrected chi connectivity index (χ2v) is 7.91. The van der Waals surface area contributed by atoms with Crippen LogP contribution in [0.2, 0.25) is 0 Å². The zero-order chi connectivity index (χ0) is 13.7. The SMILES string of the molecule is CN(C)C[C@H]1[C@H]2CC[C@H](C2)[C@H]1c1cccc2sccc12. The molecule has 4 atom stereocenters. The highest BCUT2D eigenvalue weighted by Gasteiger charge is 2.48. The summed E-state index contributed by atoms with van der Waals surface area (Å²) in [4.78, 5) is 2.39. The van der Waals surface area contributed by atoms with Gasteiger partial charge in [-0.2, -0.15) is 0 Å². The minimum absolute atomic E-state index is 0.800. The fraction of sp³-hybridized carbons (Fsp3) is 0.556. The van der Waals surface area contributed by atoms with Crippen LogP contribution in [0.15, 0.2) is 29.6 Å². The summed E-state index contributed by atoms with van der Waals surface area (Å²) in [6.45, 7) is 1.26. The van der Waals surface area contributed by atoms with E-state index in [1.54, 1.807) is 5.56 Å². The molecule has 2 saturated carbocycles. The molecule has 4 rings (SSSR count). The molecule has 2 aliphatic rings. The standard InChI is InChI=1S/C18H23NS/c1-19(2)11-16-12-6-7-13(10-12)18(16)15-4-3-5-17-14(15)8-9-20-17/h3-5,8-9,12-13,16,18H,6-7,10-11H2,1-2H3/t12-,13+,16-,18-/m0/s1. The molecule has 0 aliphatic heterocycles. The number of rotatable bonds is 3. The Balaban J connectivity index is 1.77. The molecule has 0 spiro atoms. The first kappa shape index (κ1) is 12.8. The highest BCUT2D eigenvalue weighted by Crippen LogP contribution is 2.57. The lowest BCUT2D eigenvalue weighted by Gasteiger charge is -2.33. The van der Waals surface area contributed by atoms with Crippen molar-refractivity contribution in [3.8, 4) is 0 Å². The first-order chi connectivity index (χ1) is 9.74. The van der Waals surface area contributed by atoms with Crippen LogP contribution in [0.5, 0.6) is 0 Å². The first-order valence-corrected chi connectivity index (χ1v) is 8.73. The van der Waals surface area contributed by atoms with Crippen LogP contribution >= 0.6 is 11.3 Å². The average Bonchev–Trinajstić information content (AvgIpc) is 3.12. The number of nitrogens with zero attached hydrogens (tertiary/aromatic N) is 1. The zero-order valence-electron chi connectivity index (χ0n) is 12.4. The van der Waals surface area contributed by atoms with Crippen molar-refractivity contribution in [3.63, 3.8) is 0 Å². The Labute approximate surface area is 125 Å². The first-order valence-electron chi connectivity index (χ1n) is 7.85. The van der Waals surface area contributed by atoms with E-state index in [1.165, 1.54) is 35.9 Å². The topological polar surface area (TPSA) is 3.24 Å². The van der Waals surface area contributed by atoms with Crippen LogP contribution in [0, 0.1) is 17.8 Å². The van der Waals surface area contributed by atoms with Crippen LogP contribution in [0.25, 0.3) is 10.1 Å². The van der Waals surface area contributed by atoms with Gasteiger partial charge in [-0.25, -0.2) is 0 Å². The molecule has 2 fully saturated rings. The summed E-state index contributed by atoms with van der Waals surface area (Å²) in [5.41, 5.74) is 1.64. The summed E-state index contributed by atoms with van der Waals surface area (Å²) in [5, 5.41) is 3.78. The average molecular weight is 285 g/mol. The molecule has 0 amide bonds. The van der Waals surface area contributed by atoms with E-state index < -0.39 is 0 Å². The molecule has 2 aromatic rings. The van der Waals surface area contributed by atoms with Crippen LogP contribution < -0.4 is 0 Å². The van der Waals surface area contributed by atoms with Crippen LogP contribution in [0.4, 0.5) is 0 Å². The third-order valence-corrected chi connectivity index (χ3v) is 6.44. The Morgan fingerprint density at radius 3 is 2.85 bits per heavy atom. The molecule has 1 heterocycles. The van der Waals surface area contributed by atoms with Crippen molar-refractivity contribution >= 4 is 21.4 Å². The molecule has 0 saturated heterocycles. The second kappa shape index (κ2) is 4.85. The van der Waals surface area contributed by atoms with Crippen LogP contribution in [-0.2, 0) is 0 Å². The molecule has 2 bridgehead atoms. The lowest BCUT2D eigenvalue weighted by atomic mass is 9.74. The molecule has 2 aliphatic carbocycles. The van der Waals surface area contributed by atoms with Gasteiger partial charge in [0.05, 0.1) is 0 Å². The summed E-state index contributed by atoms with van der Waals surface area (Å²) in [6, 6.07) is 9.29. The minimum atomic E-state index is 0.800. The van der Waals surface area contributed by atoms with E-state index in [-0.39, 0.29) is 0 Å². The Morgan fingerprint density at radius 1 is 1.15 bits per heavy atom. The molecule has 0 N–H and O–H groups in total. The maximum absolute atomic E-state index is 2.41. The van der Waals surface area contributed by atoms with Gasteiger partial charge in [0.2, 0.25) is 0 Å². The monoisotopic (exact) mass is 285 g/mol. The number of hydrogen-bond donors (Lipinski definition) is 0. The zero-order valence-corrected chi connectivity index (χ0v) is 13.2.